The van der Waals surface area contributed by atoms with Crippen molar-refractivity contribution in [2.75, 3.05) is 6.54 Å². The van der Waals surface area contributed by atoms with Crippen LogP contribution in [0.25, 0.3) is 0 Å². The molecule has 0 unspecified atom stereocenters. The van der Waals surface area contributed by atoms with Crippen LogP contribution in [0.3, 0.4) is 0 Å². The summed E-state index contributed by atoms with van der Waals surface area (Å²) in [4.78, 5) is 27.0. The Hall–Kier alpha value is -1.92. The third-order valence-electron chi connectivity index (χ3n) is 5.22. The molecular formula is C19H24N2O4. The van der Waals surface area contributed by atoms with E-state index >= 15 is 0 Å². The van der Waals surface area contributed by atoms with E-state index in [-0.39, 0.29) is 17.9 Å². The first kappa shape index (κ1) is 16.5. The normalized spacial score (nSPS) is 29.7. The lowest BCUT2D eigenvalue weighted by Crippen LogP contribution is -2.52. The quantitative estimate of drug-likeness (QED) is 0.901. The summed E-state index contributed by atoms with van der Waals surface area (Å²) >= 11 is 0. The number of carbonyl (C=O) groups excluding carboxylic acids is 2. The zero-order chi connectivity index (χ0) is 17.2. The average Bonchev–Trinajstić information content (AvgIpc) is 3.01. The molecule has 1 aliphatic carbocycles. The molecule has 3 aliphatic rings. The monoisotopic (exact) mass is 344 g/mol. The van der Waals surface area contributed by atoms with E-state index in [4.69, 9.17) is 9.47 Å². The molecule has 2 amide bonds. The van der Waals surface area contributed by atoms with E-state index in [1.165, 1.54) is 6.42 Å². The highest BCUT2D eigenvalue weighted by atomic mass is 16.7. The SMILES string of the molecule is O=C(NC1CCCCC1)[C@@H]1O[C@H]2CN(Cc3ccccc3)C(=O)[C@@H]1O2. The van der Waals surface area contributed by atoms with Crippen molar-refractivity contribution in [3.05, 3.63) is 35.9 Å². The van der Waals surface area contributed by atoms with Crippen LogP contribution in [0.5, 0.6) is 0 Å². The molecule has 2 aliphatic heterocycles. The van der Waals surface area contributed by atoms with Crippen LogP contribution in [-0.4, -0.2) is 47.8 Å². The molecule has 2 heterocycles. The molecule has 2 bridgehead atoms. The first-order valence-corrected chi connectivity index (χ1v) is 9.15. The predicted octanol–water partition coefficient (Wildman–Crippen LogP) is 1.59. The number of nitrogens with zero attached hydrogens (tertiary/aromatic N) is 1. The van der Waals surface area contributed by atoms with Gasteiger partial charge in [-0.05, 0) is 18.4 Å². The number of rotatable bonds is 4. The lowest BCUT2D eigenvalue weighted by Gasteiger charge is -2.30. The third-order valence-corrected chi connectivity index (χ3v) is 5.22. The van der Waals surface area contributed by atoms with Crippen LogP contribution in [0.2, 0.25) is 0 Å². The zero-order valence-electron chi connectivity index (χ0n) is 14.2. The van der Waals surface area contributed by atoms with Gasteiger partial charge in [0.25, 0.3) is 11.8 Å². The first-order valence-electron chi connectivity index (χ1n) is 9.15. The molecule has 3 atom stereocenters. The maximum Gasteiger partial charge on any atom is 0.255 e. The highest BCUT2D eigenvalue weighted by Crippen LogP contribution is 2.28. The second kappa shape index (κ2) is 7.14. The van der Waals surface area contributed by atoms with Crippen LogP contribution < -0.4 is 5.32 Å². The Labute approximate surface area is 147 Å². The molecular weight excluding hydrogens is 320 g/mol. The van der Waals surface area contributed by atoms with E-state index in [0.717, 1.165) is 31.2 Å². The van der Waals surface area contributed by atoms with Crippen LogP contribution in [0.15, 0.2) is 30.3 Å². The second-order valence-corrected chi connectivity index (χ2v) is 7.09. The summed E-state index contributed by atoms with van der Waals surface area (Å²) in [5.41, 5.74) is 1.06. The predicted molar refractivity (Wildman–Crippen MR) is 90.4 cm³/mol. The molecule has 134 valence electrons. The van der Waals surface area contributed by atoms with Gasteiger partial charge in [0.2, 0.25) is 0 Å². The number of amides is 2. The van der Waals surface area contributed by atoms with Crippen LogP contribution in [0.1, 0.15) is 37.7 Å². The van der Waals surface area contributed by atoms with Crippen molar-refractivity contribution in [2.24, 2.45) is 0 Å². The van der Waals surface area contributed by atoms with Crippen molar-refractivity contribution >= 4 is 11.8 Å². The Kier molecular flexibility index (Phi) is 4.72. The van der Waals surface area contributed by atoms with E-state index in [1.54, 1.807) is 4.90 Å². The first-order chi connectivity index (χ1) is 12.2. The summed E-state index contributed by atoms with van der Waals surface area (Å²) in [6.45, 7) is 0.869. The van der Waals surface area contributed by atoms with Crippen LogP contribution in [0, 0.1) is 0 Å². The van der Waals surface area contributed by atoms with Crippen molar-refractivity contribution in [3.8, 4) is 0 Å². The van der Waals surface area contributed by atoms with Crippen LogP contribution in [-0.2, 0) is 25.6 Å². The highest BCUT2D eigenvalue weighted by molar-refractivity contribution is 5.92. The van der Waals surface area contributed by atoms with Crippen LogP contribution in [0.4, 0.5) is 0 Å². The molecule has 4 rings (SSSR count). The summed E-state index contributed by atoms with van der Waals surface area (Å²) < 4.78 is 11.4. The molecule has 2 saturated heterocycles. The standard InChI is InChI=1S/C19H24N2O4/c22-18(20-14-9-5-2-6-10-14)16-17-19(23)21(12-15(24-16)25-17)11-13-7-3-1-4-8-13/h1,3-4,7-8,14-17H,2,5-6,9-12H2,(H,20,22)/t15-,16-,17-/m1/s1. The van der Waals surface area contributed by atoms with Gasteiger partial charge in [-0.15, -0.1) is 0 Å². The van der Waals surface area contributed by atoms with E-state index in [9.17, 15) is 9.59 Å². The molecule has 1 N–H and O–H groups in total. The zero-order valence-corrected chi connectivity index (χ0v) is 14.2. The molecule has 6 nitrogen and oxygen atoms in total. The number of ether oxygens (including phenoxy) is 2. The summed E-state index contributed by atoms with van der Waals surface area (Å²) in [6, 6.07) is 10.0. The Morgan fingerprint density at radius 3 is 2.64 bits per heavy atom. The van der Waals surface area contributed by atoms with Gasteiger partial charge in [0.15, 0.2) is 18.5 Å². The molecule has 1 saturated carbocycles. The summed E-state index contributed by atoms with van der Waals surface area (Å²) in [6.07, 6.45) is 3.33. The maximum absolute atomic E-state index is 12.7. The Balaban J connectivity index is 1.40. The molecule has 3 fully saturated rings. The van der Waals surface area contributed by atoms with Crippen molar-refractivity contribution in [3.63, 3.8) is 0 Å². The molecule has 0 spiro atoms. The van der Waals surface area contributed by atoms with E-state index in [0.29, 0.717) is 13.1 Å². The summed E-state index contributed by atoms with van der Waals surface area (Å²) in [5, 5.41) is 3.04. The van der Waals surface area contributed by atoms with Gasteiger partial charge in [0.1, 0.15) is 0 Å². The van der Waals surface area contributed by atoms with Gasteiger partial charge in [0.05, 0.1) is 6.54 Å². The number of benzene rings is 1. The topological polar surface area (TPSA) is 67.9 Å². The Morgan fingerprint density at radius 1 is 1.12 bits per heavy atom. The number of hydrogen-bond acceptors (Lipinski definition) is 4. The molecule has 25 heavy (non-hydrogen) atoms. The molecule has 1 aromatic rings. The van der Waals surface area contributed by atoms with E-state index in [2.05, 4.69) is 5.32 Å². The fourth-order valence-electron chi connectivity index (χ4n) is 3.90. The van der Waals surface area contributed by atoms with Gasteiger partial charge in [-0.25, -0.2) is 0 Å². The van der Waals surface area contributed by atoms with Crippen molar-refractivity contribution in [1.29, 1.82) is 0 Å². The highest BCUT2D eigenvalue weighted by Gasteiger charge is 2.51. The van der Waals surface area contributed by atoms with Crippen LogP contribution >= 0.6 is 0 Å². The second-order valence-electron chi connectivity index (χ2n) is 7.09. The van der Waals surface area contributed by atoms with Gasteiger partial charge < -0.3 is 19.7 Å². The minimum Gasteiger partial charge on any atom is -0.351 e. The molecule has 6 heteroatoms. The maximum atomic E-state index is 12.7. The summed E-state index contributed by atoms with van der Waals surface area (Å²) in [5.74, 6) is -0.379. The van der Waals surface area contributed by atoms with Gasteiger partial charge >= 0.3 is 0 Å². The van der Waals surface area contributed by atoms with Crippen molar-refractivity contribution < 1.29 is 19.1 Å². The number of carbonyl (C=O) groups is 2. The number of hydrogen-bond donors (Lipinski definition) is 1. The van der Waals surface area contributed by atoms with Gasteiger partial charge in [-0.2, -0.15) is 0 Å². The van der Waals surface area contributed by atoms with Crippen molar-refractivity contribution in [1.82, 2.24) is 10.2 Å². The summed E-state index contributed by atoms with van der Waals surface area (Å²) in [7, 11) is 0. The molecule has 0 aromatic heterocycles. The van der Waals surface area contributed by atoms with Gasteiger partial charge in [-0.1, -0.05) is 49.6 Å². The average molecular weight is 344 g/mol. The minimum absolute atomic E-state index is 0.165. The van der Waals surface area contributed by atoms with E-state index < -0.39 is 18.5 Å². The number of fused-ring (bicyclic) bond motifs is 2. The molecule has 0 radical (unpaired) electrons. The molecule has 1 aromatic carbocycles. The smallest absolute Gasteiger partial charge is 0.255 e. The fraction of sp³-hybridized carbons (Fsp3) is 0.579. The lowest BCUT2D eigenvalue weighted by atomic mass is 9.95. The van der Waals surface area contributed by atoms with Gasteiger partial charge in [0, 0.05) is 12.6 Å². The lowest BCUT2D eigenvalue weighted by molar-refractivity contribution is -0.162. The fourth-order valence-corrected chi connectivity index (χ4v) is 3.90. The van der Waals surface area contributed by atoms with E-state index in [1.807, 2.05) is 30.3 Å². The Bertz CT molecular complexity index is 630. The third kappa shape index (κ3) is 3.55. The van der Waals surface area contributed by atoms with Crippen molar-refractivity contribution in [2.45, 2.75) is 63.2 Å². The number of nitrogens with one attached hydrogen (secondary N) is 1. The Morgan fingerprint density at radius 2 is 1.88 bits per heavy atom. The minimum atomic E-state index is -0.833. The number of morpholine rings is 1. The van der Waals surface area contributed by atoms with Gasteiger partial charge in [-0.3, -0.25) is 9.59 Å². The largest absolute Gasteiger partial charge is 0.351 e.